The second-order valence-electron chi connectivity index (χ2n) is 8.10. The standard InChI is InChI=1S/C16H23N3OS.CH4O3S/c1-15(2,3)10-7-9(13-18-19-14(17)21-13)8-11(12(10)20)16(4,5)6;1-5(2,3)4/h7-8,20H,1-6H3,(H2,17,19);1H3,(H,2,3,4). The monoisotopic (exact) mass is 401 g/mol. The minimum absolute atomic E-state index is 0.156. The lowest BCUT2D eigenvalue weighted by molar-refractivity contribution is 0.423. The number of nitrogens with two attached hydrogens (primary N) is 1. The third-order valence-electron chi connectivity index (χ3n) is 3.41. The fourth-order valence-corrected chi connectivity index (χ4v) is 2.85. The lowest BCUT2D eigenvalue weighted by Gasteiger charge is -2.27. The van der Waals surface area contributed by atoms with Crippen LogP contribution < -0.4 is 5.73 Å². The Morgan fingerprint density at radius 3 is 1.65 bits per heavy atom. The molecule has 7 nitrogen and oxygen atoms in total. The van der Waals surface area contributed by atoms with Crippen LogP contribution in [0.5, 0.6) is 5.75 Å². The summed E-state index contributed by atoms with van der Waals surface area (Å²) in [4.78, 5) is 0. The Balaban J connectivity index is 0.000000597. The van der Waals surface area contributed by atoms with Gasteiger partial charge < -0.3 is 10.8 Å². The summed E-state index contributed by atoms with van der Waals surface area (Å²) in [7, 11) is -3.67. The van der Waals surface area contributed by atoms with Crippen molar-refractivity contribution in [2.24, 2.45) is 0 Å². The second-order valence-corrected chi connectivity index (χ2v) is 10.6. The first-order chi connectivity index (χ1) is 11.5. The van der Waals surface area contributed by atoms with E-state index in [-0.39, 0.29) is 10.8 Å². The first kappa shape index (κ1) is 22.3. The molecule has 0 aliphatic carbocycles. The maximum absolute atomic E-state index is 10.7. The number of nitrogen functional groups attached to an aromatic ring is 1. The zero-order chi connectivity index (χ0) is 20.5. The van der Waals surface area contributed by atoms with E-state index >= 15 is 0 Å². The zero-order valence-corrected chi connectivity index (χ0v) is 17.8. The van der Waals surface area contributed by atoms with E-state index in [0.717, 1.165) is 21.7 Å². The van der Waals surface area contributed by atoms with E-state index in [1.165, 1.54) is 11.3 Å². The van der Waals surface area contributed by atoms with Gasteiger partial charge in [-0.2, -0.15) is 8.42 Å². The van der Waals surface area contributed by atoms with Gasteiger partial charge in [0.1, 0.15) is 10.8 Å². The van der Waals surface area contributed by atoms with Crippen LogP contribution in [-0.4, -0.2) is 34.5 Å². The van der Waals surface area contributed by atoms with Crippen LogP contribution in [0, 0.1) is 0 Å². The van der Waals surface area contributed by atoms with Gasteiger partial charge in [0, 0.05) is 16.7 Å². The van der Waals surface area contributed by atoms with Crippen molar-refractivity contribution < 1.29 is 18.1 Å². The largest absolute Gasteiger partial charge is 0.507 e. The lowest BCUT2D eigenvalue weighted by Crippen LogP contribution is -2.17. The molecule has 0 aliphatic heterocycles. The van der Waals surface area contributed by atoms with Crippen LogP contribution in [0.2, 0.25) is 0 Å². The molecule has 146 valence electrons. The van der Waals surface area contributed by atoms with Crippen LogP contribution in [0.25, 0.3) is 10.6 Å². The number of phenolic OH excluding ortho intramolecular Hbond substituents is 1. The number of phenols is 1. The summed E-state index contributed by atoms with van der Waals surface area (Å²) in [6.45, 7) is 12.5. The predicted molar refractivity (Wildman–Crippen MR) is 106 cm³/mol. The average Bonchev–Trinajstić information content (AvgIpc) is 2.81. The molecule has 0 aliphatic rings. The molecule has 1 heterocycles. The molecular formula is C17H27N3O4S2. The predicted octanol–water partition coefficient (Wildman–Crippen LogP) is 3.59. The fourth-order valence-electron chi connectivity index (χ4n) is 2.25. The Morgan fingerprint density at radius 2 is 1.38 bits per heavy atom. The number of rotatable bonds is 1. The molecule has 0 saturated heterocycles. The minimum Gasteiger partial charge on any atom is -0.507 e. The summed E-state index contributed by atoms with van der Waals surface area (Å²) in [5.41, 5.74) is 8.16. The third-order valence-corrected chi connectivity index (χ3v) is 4.22. The fraction of sp³-hybridized carbons (Fsp3) is 0.529. The lowest BCUT2D eigenvalue weighted by atomic mass is 9.78. The van der Waals surface area contributed by atoms with Gasteiger partial charge in [0.05, 0.1) is 6.26 Å². The first-order valence-corrected chi connectivity index (χ1v) is 10.6. The molecular weight excluding hydrogens is 374 g/mol. The SMILES string of the molecule is CC(C)(C)c1cc(-c2nnc(N)s2)cc(C(C)(C)C)c1O.CS(=O)(=O)O. The van der Waals surface area contributed by atoms with Gasteiger partial charge in [-0.15, -0.1) is 10.2 Å². The van der Waals surface area contributed by atoms with Crippen LogP contribution in [0.4, 0.5) is 5.13 Å². The van der Waals surface area contributed by atoms with Crippen molar-refractivity contribution in [3.05, 3.63) is 23.3 Å². The van der Waals surface area contributed by atoms with Crippen LogP contribution in [0.1, 0.15) is 52.7 Å². The zero-order valence-electron chi connectivity index (χ0n) is 16.2. The number of aromatic hydroxyl groups is 1. The molecule has 1 aromatic heterocycles. The van der Waals surface area contributed by atoms with Gasteiger partial charge in [-0.3, -0.25) is 4.55 Å². The van der Waals surface area contributed by atoms with Crippen LogP contribution in [-0.2, 0) is 20.9 Å². The number of aromatic nitrogens is 2. The highest BCUT2D eigenvalue weighted by Crippen LogP contribution is 2.42. The smallest absolute Gasteiger partial charge is 0.261 e. The Morgan fingerprint density at radius 1 is 1.00 bits per heavy atom. The van der Waals surface area contributed by atoms with Gasteiger partial charge in [0.2, 0.25) is 5.13 Å². The van der Waals surface area contributed by atoms with Gasteiger partial charge >= 0.3 is 0 Å². The van der Waals surface area contributed by atoms with E-state index in [2.05, 4.69) is 51.7 Å². The Bertz CT molecular complexity index is 833. The van der Waals surface area contributed by atoms with Crippen molar-refractivity contribution in [1.82, 2.24) is 10.2 Å². The van der Waals surface area contributed by atoms with Gasteiger partial charge in [0.25, 0.3) is 10.1 Å². The second kappa shape index (κ2) is 7.50. The van der Waals surface area contributed by atoms with E-state index < -0.39 is 10.1 Å². The maximum Gasteiger partial charge on any atom is 0.261 e. The van der Waals surface area contributed by atoms with Crippen molar-refractivity contribution in [3.63, 3.8) is 0 Å². The molecule has 0 saturated carbocycles. The van der Waals surface area contributed by atoms with Crippen LogP contribution >= 0.6 is 11.3 Å². The molecule has 0 radical (unpaired) electrons. The van der Waals surface area contributed by atoms with Crippen LogP contribution in [0.3, 0.4) is 0 Å². The van der Waals surface area contributed by atoms with Crippen molar-refractivity contribution >= 4 is 26.6 Å². The Hall–Kier alpha value is -1.71. The van der Waals surface area contributed by atoms with Crippen molar-refractivity contribution in [3.8, 4) is 16.3 Å². The highest BCUT2D eigenvalue weighted by atomic mass is 32.2. The number of benzene rings is 1. The summed E-state index contributed by atoms with van der Waals surface area (Å²) in [6.07, 6.45) is 0.715. The third kappa shape index (κ3) is 6.54. The minimum atomic E-state index is -3.67. The molecule has 0 unspecified atom stereocenters. The Labute approximate surface area is 159 Å². The molecule has 1 aromatic carbocycles. The summed E-state index contributed by atoms with van der Waals surface area (Å²) < 4.78 is 25.9. The molecule has 0 spiro atoms. The average molecular weight is 402 g/mol. The van der Waals surface area contributed by atoms with Gasteiger partial charge in [0.15, 0.2) is 0 Å². The summed E-state index contributed by atoms with van der Waals surface area (Å²) >= 11 is 1.36. The topological polar surface area (TPSA) is 126 Å². The van der Waals surface area contributed by atoms with E-state index in [1.807, 2.05) is 12.1 Å². The van der Waals surface area contributed by atoms with Gasteiger partial charge in [-0.25, -0.2) is 0 Å². The Kier molecular flexibility index (Phi) is 6.44. The van der Waals surface area contributed by atoms with E-state index in [4.69, 9.17) is 10.3 Å². The van der Waals surface area contributed by atoms with Crippen molar-refractivity contribution in [2.75, 3.05) is 12.0 Å². The van der Waals surface area contributed by atoms with Crippen molar-refractivity contribution in [2.45, 2.75) is 52.4 Å². The molecule has 26 heavy (non-hydrogen) atoms. The molecule has 0 atom stereocenters. The number of hydrogen-bond acceptors (Lipinski definition) is 7. The molecule has 2 aromatic rings. The first-order valence-electron chi connectivity index (χ1n) is 7.90. The molecule has 0 amide bonds. The quantitative estimate of drug-likeness (QED) is 0.623. The number of hydrogen-bond donors (Lipinski definition) is 3. The van der Waals surface area contributed by atoms with Crippen LogP contribution in [0.15, 0.2) is 12.1 Å². The van der Waals surface area contributed by atoms with Gasteiger partial charge in [-0.1, -0.05) is 52.9 Å². The van der Waals surface area contributed by atoms with E-state index in [0.29, 0.717) is 17.1 Å². The summed E-state index contributed by atoms with van der Waals surface area (Å²) in [5.74, 6) is 0.372. The molecule has 9 heteroatoms. The van der Waals surface area contributed by atoms with E-state index in [1.54, 1.807) is 0 Å². The maximum atomic E-state index is 10.7. The highest BCUT2D eigenvalue weighted by Gasteiger charge is 2.27. The summed E-state index contributed by atoms with van der Waals surface area (Å²) in [5, 5.41) is 19.9. The highest BCUT2D eigenvalue weighted by molar-refractivity contribution is 7.85. The molecule has 2 rings (SSSR count). The molecule has 0 fully saturated rings. The normalized spacial score (nSPS) is 12.5. The molecule has 4 N–H and O–H groups in total. The van der Waals surface area contributed by atoms with Crippen molar-refractivity contribution in [1.29, 1.82) is 0 Å². The van der Waals surface area contributed by atoms with E-state index in [9.17, 15) is 13.5 Å². The molecule has 0 bridgehead atoms. The number of anilines is 1. The summed E-state index contributed by atoms with van der Waals surface area (Å²) in [6, 6.07) is 3.98. The van der Waals surface area contributed by atoms with Gasteiger partial charge in [-0.05, 0) is 23.0 Å². The number of nitrogens with zero attached hydrogens (tertiary/aromatic N) is 2.